The number of nitro groups is 1. The SMILES string of the molecule is COc1cc(C=NNC(=O)C(C)Nc2ccc3ccccc3c2)ccc1COc1ccc([N+](=O)[O-])cc1. The summed E-state index contributed by atoms with van der Waals surface area (Å²) in [5.74, 6) is 0.820. The van der Waals surface area contributed by atoms with E-state index in [1.807, 2.05) is 54.6 Å². The van der Waals surface area contributed by atoms with Crippen LogP contribution in [-0.2, 0) is 11.4 Å². The van der Waals surface area contributed by atoms with Gasteiger partial charge in [0.2, 0.25) is 0 Å². The van der Waals surface area contributed by atoms with Crippen LogP contribution in [0.1, 0.15) is 18.1 Å². The summed E-state index contributed by atoms with van der Waals surface area (Å²) < 4.78 is 11.2. The molecule has 4 aromatic carbocycles. The highest BCUT2D eigenvalue weighted by Crippen LogP contribution is 2.23. The van der Waals surface area contributed by atoms with Gasteiger partial charge in [0.15, 0.2) is 0 Å². The van der Waals surface area contributed by atoms with Crippen molar-refractivity contribution in [2.45, 2.75) is 19.6 Å². The highest BCUT2D eigenvalue weighted by molar-refractivity contribution is 5.89. The highest BCUT2D eigenvalue weighted by atomic mass is 16.6. The van der Waals surface area contributed by atoms with E-state index in [1.165, 1.54) is 18.3 Å². The number of nitrogens with one attached hydrogen (secondary N) is 2. The number of ether oxygens (including phenoxy) is 2. The van der Waals surface area contributed by atoms with Crippen LogP contribution in [0.2, 0.25) is 0 Å². The Hall–Kier alpha value is -4.92. The second-order valence-corrected chi connectivity index (χ2v) is 8.27. The van der Waals surface area contributed by atoms with Gasteiger partial charge in [-0.05, 0) is 53.6 Å². The van der Waals surface area contributed by atoms with Crippen LogP contribution < -0.4 is 20.2 Å². The number of nitrogens with zero attached hydrogens (tertiary/aromatic N) is 2. The van der Waals surface area contributed by atoms with Gasteiger partial charge in [-0.25, -0.2) is 5.43 Å². The third-order valence-electron chi connectivity index (χ3n) is 5.67. The Kier molecular flexibility index (Phi) is 7.95. The Morgan fingerprint density at radius 3 is 2.51 bits per heavy atom. The fourth-order valence-corrected chi connectivity index (χ4v) is 3.65. The molecule has 0 aliphatic carbocycles. The van der Waals surface area contributed by atoms with Crippen LogP contribution in [0.3, 0.4) is 0 Å². The number of carbonyl (C=O) groups excluding carboxylic acids is 1. The predicted molar refractivity (Wildman–Crippen MR) is 143 cm³/mol. The Balaban J connectivity index is 1.32. The molecule has 0 spiro atoms. The Bertz CT molecular complexity index is 1440. The van der Waals surface area contributed by atoms with Crippen LogP contribution in [0.15, 0.2) is 90.0 Å². The maximum absolute atomic E-state index is 12.5. The molecule has 1 atom stereocenters. The molecule has 9 heteroatoms. The zero-order valence-electron chi connectivity index (χ0n) is 20.4. The quantitative estimate of drug-likeness (QED) is 0.174. The number of hydrogen-bond donors (Lipinski definition) is 2. The van der Waals surface area contributed by atoms with Crippen LogP contribution in [0.25, 0.3) is 10.8 Å². The van der Waals surface area contributed by atoms with Gasteiger partial charge in [0, 0.05) is 23.4 Å². The first-order valence-corrected chi connectivity index (χ1v) is 11.6. The van der Waals surface area contributed by atoms with E-state index in [0.29, 0.717) is 11.5 Å². The molecule has 0 aliphatic heterocycles. The molecule has 0 heterocycles. The minimum absolute atomic E-state index is 0.000441. The van der Waals surface area contributed by atoms with Gasteiger partial charge in [-0.3, -0.25) is 14.9 Å². The van der Waals surface area contributed by atoms with Crippen molar-refractivity contribution in [2.24, 2.45) is 5.10 Å². The van der Waals surface area contributed by atoms with Crippen molar-refractivity contribution in [1.82, 2.24) is 5.43 Å². The minimum atomic E-state index is -0.494. The number of fused-ring (bicyclic) bond motifs is 1. The van der Waals surface area contributed by atoms with Crippen LogP contribution >= 0.6 is 0 Å². The summed E-state index contributed by atoms with van der Waals surface area (Å²) in [6.45, 7) is 1.98. The number of hydrazone groups is 1. The zero-order valence-corrected chi connectivity index (χ0v) is 20.4. The number of benzene rings is 4. The molecular weight excluding hydrogens is 472 g/mol. The Morgan fingerprint density at radius 2 is 1.78 bits per heavy atom. The van der Waals surface area contributed by atoms with Gasteiger partial charge in [0.05, 0.1) is 18.2 Å². The molecule has 4 rings (SSSR count). The number of methoxy groups -OCH3 is 1. The average Bonchev–Trinajstić information content (AvgIpc) is 2.92. The normalized spacial score (nSPS) is 11.7. The lowest BCUT2D eigenvalue weighted by atomic mass is 10.1. The molecule has 37 heavy (non-hydrogen) atoms. The molecular formula is C28H26N4O5. The fourth-order valence-electron chi connectivity index (χ4n) is 3.65. The summed E-state index contributed by atoms with van der Waals surface area (Å²) in [6, 6.07) is 24.8. The maximum atomic E-state index is 12.5. The Morgan fingerprint density at radius 1 is 1.03 bits per heavy atom. The minimum Gasteiger partial charge on any atom is -0.496 e. The van der Waals surface area contributed by atoms with Gasteiger partial charge in [-0.2, -0.15) is 5.10 Å². The van der Waals surface area contributed by atoms with Crippen molar-refractivity contribution in [2.75, 3.05) is 12.4 Å². The number of non-ortho nitro benzene ring substituents is 1. The first-order valence-electron chi connectivity index (χ1n) is 11.6. The number of hydrogen-bond acceptors (Lipinski definition) is 7. The van der Waals surface area contributed by atoms with Crippen molar-refractivity contribution in [3.8, 4) is 11.5 Å². The third-order valence-corrected chi connectivity index (χ3v) is 5.67. The van der Waals surface area contributed by atoms with E-state index in [2.05, 4.69) is 15.8 Å². The molecule has 0 saturated heterocycles. The number of amides is 1. The third kappa shape index (κ3) is 6.61. The molecule has 1 unspecified atom stereocenters. The average molecular weight is 499 g/mol. The molecule has 1 amide bonds. The monoisotopic (exact) mass is 498 g/mol. The summed E-state index contributed by atoms with van der Waals surface area (Å²) in [5.41, 5.74) is 4.92. The standard InChI is InChI=1S/C28H26N4O5/c1-19(30-24-10-9-21-5-3-4-6-22(21)16-24)28(33)31-29-17-20-7-8-23(27(15-20)36-2)18-37-26-13-11-25(12-14-26)32(34)35/h3-17,19,30H,18H2,1-2H3,(H,31,33). The topological polar surface area (TPSA) is 115 Å². The molecule has 0 aliphatic rings. The van der Waals surface area contributed by atoms with Crippen molar-refractivity contribution >= 4 is 34.3 Å². The lowest BCUT2D eigenvalue weighted by Gasteiger charge is -2.14. The van der Waals surface area contributed by atoms with E-state index in [-0.39, 0.29) is 18.2 Å². The number of carbonyl (C=O) groups is 1. The summed E-state index contributed by atoms with van der Waals surface area (Å²) >= 11 is 0. The van der Waals surface area contributed by atoms with E-state index < -0.39 is 11.0 Å². The number of nitro benzene ring substituents is 1. The first-order chi connectivity index (χ1) is 17.9. The van der Waals surface area contributed by atoms with Crippen LogP contribution in [-0.4, -0.2) is 30.2 Å². The predicted octanol–water partition coefficient (Wildman–Crippen LogP) is 5.29. The summed E-state index contributed by atoms with van der Waals surface area (Å²) in [7, 11) is 1.55. The van der Waals surface area contributed by atoms with E-state index >= 15 is 0 Å². The maximum Gasteiger partial charge on any atom is 0.269 e. The van der Waals surface area contributed by atoms with E-state index in [1.54, 1.807) is 32.2 Å². The fraction of sp³-hybridized carbons (Fsp3) is 0.143. The highest BCUT2D eigenvalue weighted by Gasteiger charge is 2.12. The van der Waals surface area contributed by atoms with Crippen LogP contribution in [0.4, 0.5) is 11.4 Å². The van der Waals surface area contributed by atoms with Crippen LogP contribution in [0.5, 0.6) is 11.5 Å². The number of rotatable bonds is 10. The van der Waals surface area contributed by atoms with Gasteiger partial charge in [-0.15, -0.1) is 0 Å². The van der Waals surface area contributed by atoms with Gasteiger partial charge in [0.1, 0.15) is 24.1 Å². The molecule has 0 aromatic heterocycles. The van der Waals surface area contributed by atoms with Crippen molar-refractivity contribution in [3.05, 3.63) is 106 Å². The van der Waals surface area contributed by atoms with E-state index in [9.17, 15) is 14.9 Å². The van der Waals surface area contributed by atoms with Crippen LogP contribution in [0, 0.1) is 10.1 Å². The molecule has 0 bridgehead atoms. The smallest absolute Gasteiger partial charge is 0.269 e. The largest absolute Gasteiger partial charge is 0.496 e. The van der Waals surface area contributed by atoms with Crippen molar-refractivity contribution in [3.63, 3.8) is 0 Å². The molecule has 4 aromatic rings. The van der Waals surface area contributed by atoms with Gasteiger partial charge in [-0.1, -0.05) is 42.5 Å². The molecule has 188 valence electrons. The molecule has 0 radical (unpaired) electrons. The Labute approximate surface area is 213 Å². The summed E-state index contributed by atoms with van der Waals surface area (Å²) in [4.78, 5) is 22.8. The summed E-state index contributed by atoms with van der Waals surface area (Å²) in [5, 5.41) is 20.3. The molecule has 2 N–H and O–H groups in total. The van der Waals surface area contributed by atoms with Gasteiger partial charge < -0.3 is 14.8 Å². The second kappa shape index (κ2) is 11.7. The summed E-state index contributed by atoms with van der Waals surface area (Å²) in [6.07, 6.45) is 1.53. The second-order valence-electron chi connectivity index (χ2n) is 8.27. The van der Waals surface area contributed by atoms with Crippen molar-refractivity contribution in [1.29, 1.82) is 0 Å². The zero-order chi connectivity index (χ0) is 26.2. The first kappa shape index (κ1) is 25.2. The molecule has 0 fully saturated rings. The van der Waals surface area contributed by atoms with Gasteiger partial charge >= 0.3 is 0 Å². The lowest BCUT2D eigenvalue weighted by Crippen LogP contribution is -2.34. The number of anilines is 1. The van der Waals surface area contributed by atoms with E-state index in [4.69, 9.17) is 9.47 Å². The van der Waals surface area contributed by atoms with Crippen molar-refractivity contribution < 1.29 is 19.2 Å². The van der Waals surface area contributed by atoms with E-state index in [0.717, 1.165) is 27.6 Å². The molecule has 0 saturated carbocycles. The molecule has 9 nitrogen and oxygen atoms in total. The van der Waals surface area contributed by atoms with Gasteiger partial charge in [0.25, 0.3) is 11.6 Å². The lowest BCUT2D eigenvalue weighted by molar-refractivity contribution is -0.384.